The molecule has 1 heterocycles. The van der Waals surface area contributed by atoms with Crippen LogP contribution >= 0.6 is 0 Å². The fourth-order valence-corrected chi connectivity index (χ4v) is 3.62. The molecule has 1 aliphatic carbocycles. The summed E-state index contributed by atoms with van der Waals surface area (Å²) in [6, 6.07) is 3.06. The number of hydrogen-bond acceptors (Lipinski definition) is 5. The van der Waals surface area contributed by atoms with Gasteiger partial charge < -0.3 is 4.74 Å². The largest absolute Gasteiger partial charge is 0.469 e. The lowest BCUT2D eigenvalue weighted by Crippen LogP contribution is -2.11. The second kappa shape index (κ2) is 5.28. The Labute approximate surface area is 112 Å². The molecule has 0 saturated heterocycles. The van der Waals surface area contributed by atoms with Gasteiger partial charge in [0.15, 0.2) is 14.9 Å². The average Bonchev–Trinajstić information content (AvgIpc) is 3.04. The molecule has 2 rings (SSSR count). The molecule has 0 bridgehead atoms. The van der Waals surface area contributed by atoms with Gasteiger partial charge in [-0.05, 0) is 29.9 Å². The summed E-state index contributed by atoms with van der Waals surface area (Å²) in [4.78, 5) is 15.0. The van der Waals surface area contributed by atoms with Crippen molar-refractivity contribution in [2.45, 2.75) is 24.8 Å². The van der Waals surface area contributed by atoms with E-state index in [0.717, 1.165) is 6.42 Å². The molecule has 1 aromatic rings. The summed E-state index contributed by atoms with van der Waals surface area (Å²) in [5.41, 5.74) is 0.644. The quantitative estimate of drug-likeness (QED) is 0.760. The maximum atomic E-state index is 12.1. The highest BCUT2D eigenvalue weighted by Gasteiger charge is 2.37. The van der Waals surface area contributed by atoms with Crippen molar-refractivity contribution in [3.8, 4) is 0 Å². The van der Waals surface area contributed by atoms with Crippen molar-refractivity contribution in [1.29, 1.82) is 0 Å². The van der Waals surface area contributed by atoms with Crippen molar-refractivity contribution in [3.05, 3.63) is 23.9 Å². The maximum absolute atomic E-state index is 12.1. The molecule has 19 heavy (non-hydrogen) atoms. The third-order valence-electron chi connectivity index (χ3n) is 3.40. The maximum Gasteiger partial charge on any atom is 0.310 e. The molecule has 2 unspecified atom stereocenters. The van der Waals surface area contributed by atoms with Gasteiger partial charge in [-0.2, -0.15) is 0 Å². The predicted octanol–water partition coefficient (Wildman–Crippen LogP) is 1.23. The second-order valence-corrected chi connectivity index (χ2v) is 6.99. The number of aromatic nitrogens is 1. The Morgan fingerprint density at radius 1 is 1.47 bits per heavy atom. The first-order chi connectivity index (χ1) is 8.92. The van der Waals surface area contributed by atoms with Crippen LogP contribution in [-0.2, 0) is 25.8 Å². The number of hydrogen-bond donors (Lipinski definition) is 0. The zero-order valence-corrected chi connectivity index (χ0v) is 11.8. The molecule has 1 aromatic heterocycles. The van der Waals surface area contributed by atoms with E-state index in [1.54, 1.807) is 6.07 Å². The van der Waals surface area contributed by atoms with E-state index >= 15 is 0 Å². The van der Waals surface area contributed by atoms with Gasteiger partial charge in [-0.1, -0.05) is 13.0 Å². The number of carbonyl (C=O) groups excluding carboxylic acids is 1. The summed E-state index contributed by atoms with van der Waals surface area (Å²) in [7, 11) is -2.00. The summed E-state index contributed by atoms with van der Waals surface area (Å²) < 4.78 is 28.7. The van der Waals surface area contributed by atoms with Crippen LogP contribution in [0.5, 0.6) is 0 Å². The predicted molar refractivity (Wildman–Crippen MR) is 69.3 cm³/mol. The number of carbonyl (C=O) groups is 1. The highest BCUT2D eigenvalue weighted by molar-refractivity contribution is 7.91. The van der Waals surface area contributed by atoms with Crippen LogP contribution in [-0.4, -0.2) is 32.2 Å². The molecule has 6 heteroatoms. The topological polar surface area (TPSA) is 73.3 Å². The van der Waals surface area contributed by atoms with Gasteiger partial charge in [-0.3, -0.25) is 4.79 Å². The van der Waals surface area contributed by atoms with Gasteiger partial charge in [-0.25, -0.2) is 13.4 Å². The Balaban J connectivity index is 2.07. The minimum atomic E-state index is -3.31. The van der Waals surface area contributed by atoms with Gasteiger partial charge in [0.25, 0.3) is 0 Å². The lowest BCUT2D eigenvalue weighted by Gasteiger charge is -2.04. The van der Waals surface area contributed by atoms with E-state index in [-0.39, 0.29) is 29.1 Å². The van der Waals surface area contributed by atoms with E-state index in [9.17, 15) is 13.2 Å². The molecule has 0 spiro atoms. The Hall–Kier alpha value is -1.43. The number of esters is 1. The van der Waals surface area contributed by atoms with Gasteiger partial charge in [0.05, 0.1) is 19.3 Å². The fourth-order valence-electron chi connectivity index (χ4n) is 1.94. The first-order valence-electron chi connectivity index (χ1n) is 6.17. The molecule has 104 valence electrons. The molecule has 5 nitrogen and oxygen atoms in total. The lowest BCUT2D eigenvalue weighted by molar-refractivity contribution is -0.139. The molecule has 1 fully saturated rings. The number of methoxy groups -OCH3 is 1. The second-order valence-electron chi connectivity index (χ2n) is 5.01. The van der Waals surface area contributed by atoms with Crippen LogP contribution < -0.4 is 0 Å². The first-order valence-corrected chi connectivity index (χ1v) is 7.82. The summed E-state index contributed by atoms with van der Waals surface area (Å²) in [5.74, 6) is 0.552. The van der Waals surface area contributed by atoms with Gasteiger partial charge in [0, 0.05) is 6.20 Å². The molecular weight excluding hydrogens is 266 g/mol. The minimum absolute atomic E-state index is 0.0835. The summed E-state index contributed by atoms with van der Waals surface area (Å²) >= 11 is 0. The van der Waals surface area contributed by atoms with Crippen molar-refractivity contribution in [3.63, 3.8) is 0 Å². The van der Waals surface area contributed by atoms with E-state index < -0.39 is 9.84 Å². The number of ether oxygens (including phenoxy) is 1. The number of nitrogens with zero attached hydrogens (tertiary/aromatic N) is 1. The van der Waals surface area contributed by atoms with Crippen LogP contribution in [0.1, 0.15) is 18.9 Å². The van der Waals surface area contributed by atoms with Crippen molar-refractivity contribution in [1.82, 2.24) is 4.98 Å². The zero-order valence-electron chi connectivity index (χ0n) is 11.0. The summed E-state index contributed by atoms with van der Waals surface area (Å²) in [6.07, 6.45) is 2.49. The van der Waals surface area contributed by atoms with Gasteiger partial charge >= 0.3 is 5.97 Å². The van der Waals surface area contributed by atoms with E-state index in [0.29, 0.717) is 11.5 Å². The summed E-state index contributed by atoms with van der Waals surface area (Å²) in [5, 5.41) is 0.0835. The van der Waals surface area contributed by atoms with Crippen molar-refractivity contribution < 1.29 is 17.9 Å². The van der Waals surface area contributed by atoms with Gasteiger partial charge in [0.2, 0.25) is 0 Å². The van der Waals surface area contributed by atoms with Gasteiger partial charge in [0.1, 0.15) is 0 Å². The van der Waals surface area contributed by atoms with Crippen LogP contribution in [0.25, 0.3) is 0 Å². The monoisotopic (exact) mass is 283 g/mol. The molecule has 2 atom stereocenters. The number of rotatable bonds is 5. The standard InChI is InChI=1S/C13H17NO4S/c1-9-5-11(9)8-19(16,17)12-4-3-10(7-14-12)6-13(15)18-2/h3-4,7,9,11H,5-6,8H2,1-2H3. The van der Waals surface area contributed by atoms with Crippen LogP contribution in [0.3, 0.4) is 0 Å². The molecule has 0 radical (unpaired) electrons. The lowest BCUT2D eigenvalue weighted by atomic mass is 10.2. The number of sulfone groups is 1. The smallest absolute Gasteiger partial charge is 0.310 e. The van der Waals surface area contributed by atoms with Crippen LogP contribution in [0.2, 0.25) is 0 Å². The van der Waals surface area contributed by atoms with Crippen molar-refractivity contribution in [2.75, 3.05) is 12.9 Å². The zero-order chi connectivity index (χ0) is 14.0. The first kappa shape index (κ1) is 14.0. The highest BCUT2D eigenvalue weighted by atomic mass is 32.2. The molecule has 0 aliphatic heterocycles. The van der Waals surface area contributed by atoms with Crippen molar-refractivity contribution >= 4 is 15.8 Å². The Morgan fingerprint density at radius 2 is 2.16 bits per heavy atom. The van der Waals surface area contributed by atoms with Crippen LogP contribution in [0.15, 0.2) is 23.4 Å². The molecule has 0 aromatic carbocycles. The van der Waals surface area contributed by atoms with Crippen LogP contribution in [0, 0.1) is 11.8 Å². The van der Waals surface area contributed by atoms with Gasteiger partial charge in [-0.15, -0.1) is 0 Å². The van der Waals surface area contributed by atoms with Crippen molar-refractivity contribution in [2.24, 2.45) is 11.8 Å². The third kappa shape index (κ3) is 3.53. The minimum Gasteiger partial charge on any atom is -0.469 e. The highest BCUT2D eigenvalue weighted by Crippen LogP contribution is 2.39. The molecule has 0 N–H and O–H groups in total. The van der Waals surface area contributed by atoms with E-state index in [1.165, 1.54) is 19.4 Å². The fraction of sp³-hybridized carbons (Fsp3) is 0.538. The van der Waals surface area contributed by atoms with E-state index in [2.05, 4.69) is 9.72 Å². The Bertz CT molecular complexity index is 565. The Kier molecular flexibility index (Phi) is 3.89. The van der Waals surface area contributed by atoms with E-state index in [4.69, 9.17) is 0 Å². The van der Waals surface area contributed by atoms with E-state index in [1.807, 2.05) is 6.92 Å². The average molecular weight is 283 g/mol. The third-order valence-corrected chi connectivity index (χ3v) is 5.15. The van der Waals surface area contributed by atoms with Crippen LogP contribution in [0.4, 0.5) is 0 Å². The molecule has 0 amide bonds. The summed E-state index contributed by atoms with van der Waals surface area (Å²) in [6.45, 7) is 2.05. The molecule has 1 saturated carbocycles. The normalized spacial score (nSPS) is 22.0. The molecule has 1 aliphatic rings. The molecular formula is C13H17NO4S. The SMILES string of the molecule is COC(=O)Cc1ccc(S(=O)(=O)CC2CC2C)nc1. The Morgan fingerprint density at radius 3 is 2.63 bits per heavy atom. The number of pyridine rings is 1.